The Labute approximate surface area is 135 Å². The summed E-state index contributed by atoms with van der Waals surface area (Å²) in [5.74, 6) is 0.00232. The zero-order valence-corrected chi connectivity index (χ0v) is 13.0. The van der Waals surface area contributed by atoms with Crippen LogP contribution in [0.15, 0.2) is 54.6 Å². The van der Waals surface area contributed by atoms with E-state index in [1.54, 1.807) is 4.90 Å². The fourth-order valence-electron chi connectivity index (χ4n) is 2.19. The van der Waals surface area contributed by atoms with Gasteiger partial charge in [-0.3, -0.25) is 4.79 Å². The lowest BCUT2D eigenvalue weighted by Crippen LogP contribution is -2.39. The van der Waals surface area contributed by atoms with Crippen molar-refractivity contribution in [3.8, 4) is 5.75 Å². The number of halogens is 1. The Morgan fingerprint density at radius 1 is 1.04 bits per heavy atom. The Kier molecular flexibility index (Phi) is 6.56. The first-order valence-electron chi connectivity index (χ1n) is 7.59. The number of nitrogens with two attached hydrogens (primary N) is 1. The first-order valence-corrected chi connectivity index (χ1v) is 7.59. The Morgan fingerprint density at radius 3 is 2.39 bits per heavy atom. The number of hydrogen-bond donors (Lipinski definition) is 1. The zero-order valence-electron chi connectivity index (χ0n) is 13.0. The van der Waals surface area contributed by atoms with Crippen molar-refractivity contribution in [2.45, 2.75) is 6.42 Å². The molecule has 0 atom stereocenters. The van der Waals surface area contributed by atoms with Crippen molar-refractivity contribution in [1.29, 1.82) is 0 Å². The number of ether oxygens (including phenoxy) is 1. The SMILES string of the molecule is NCCN(CCc1ccccc1)C(=O)COc1ccc(F)cc1. The third-order valence-electron chi connectivity index (χ3n) is 3.44. The van der Waals surface area contributed by atoms with Gasteiger partial charge in [0.05, 0.1) is 0 Å². The van der Waals surface area contributed by atoms with Gasteiger partial charge in [0.2, 0.25) is 0 Å². The summed E-state index contributed by atoms with van der Waals surface area (Å²) in [6, 6.07) is 15.6. The molecule has 2 aromatic carbocycles. The second-order valence-corrected chi connectivity index (χ2v) is 5.15. The minimum Gasteiger partial charge on any atom is -0.484 e. The standard InChI is InChI=1S/C18H21FN2O2/c19-16-6-8-17(9-7-16)23-14-18(22)21(13-11-20)12-10-15-4-2-1-3-5-15/h1-9H,10-14,20H2. The summed E-state index contributed by atoms with van der Waals surface area (Å²) in [4.78, 5) is 14.0. The van der Waals surface area contributed by atoms with Gasteiger partial charge >= 0.3 is 0 Å². The van der Waals surface area contributed by atoms with Gasteiger partial charge in [0.25, 0.3) is 5.91 Å². The van der Waals surface area contributed by atoms with Crippen LogP contribution < -0.4 is 10.5 Å². The second kappa shape index (κ2) is 8.90. The summed E-state index contributed by atoms with van der Waals surface area (Å²) in [6.45, 7) is 1.39. The molecule has 0 aliphatic carbocycles. The maximum Gasteiger partial charge on any atom is 0.260 e. The smallest absolute Gasteiger partial charge is 0.260 e. The summed E-state index contributed by atoms with van der Waals surface area (Å²) >= 11 is 0. The van der Waals surface area contributed by atoms with Crippen LogP contribution in [0.4, 0.5) is 4.39 Å². The average Bonchev–Trinajstić information content (AvgIpc) is 2.58. The van der Waals surface area contributed by atoms with Crippen LogP contribution in [0.1, 0.15) is 5.56 Å². The number of carbonyl (C=O) groups is 1. The number of hydrogen-bond acceptors (Lipinski definition) is 3. The Morgan fingerprint density at radius 2 is 1.74 bits per heavy atom. The van der Waals surface area contributed by atoms with E-state index >= 15 is 0 Å². The largest absolute Gasteiger partial charge is 0.484 e. The topological polar surface area (TPSA) is 55.6 Å². The fourth-order valence-corrected chi connectivity index (χ4v) is 2.19. The van der Waals surface area contributed by atoms with Crippen molar-refractivity contribution in [2.24, 2.45) is 5.73 Å². The van der Waals surface area contributed by atoms with Gasteiger partial charge in [-0.05, 0) is 36.2 Å². The number of carbonyl (C=O) groups excluding carboxylic acids is 1. The molecule has 0 aliphatic rings. The molecule has 23 heavy (non-hydrogen) atoms. The van der Waals surface area contributed by atoms with Crippen molar-refractivity contribution in [1.82, 2.24) is 4.90 Å². The predicted octanol–water partition coefficient (Wildman–Crippen LogP) is 2.23. The van der Waals surface area contributed by atoms with Crippen LogP contribution in [0.25, 0.3) is 0 Å². The van der Waals surface area contributed by atoms with Crippen molar-refractivity contribution in [3.63, 3.8) is 0 Å². The molecule has 4 nitrogen and oxygen atoms in total. The van der Waals surface area contributed by atoms with E-state index in [0.29, 0.717) is 25.4 Å². The maximum atomic E-state index is 12.8. The molecule has 0 aliphatic heterocycles. The van der Waals surface area contributed by atoms with Gasteiger partial charge < -0.3 is 15.4 Å². The average molecular weight is 316 g/mol. The van der Waals surface area contributed by atoms with E-state index in [9.17, 15) is 9.18 Å². The summed E-state index contributed by atoms with van der Waals surface area (Å²) < 4.78 is 18.2. The van der Waals surface area contributed by atoms with E-state index in [2.05, 4.69) is 0 Å². The van der Waals surface area contributed by atoms with Gasteiger partial charge in [0.1, 0.15) is 11.6 Å². The Hall–Kier alpha value is -2.40. The summed E-state index contributed by atoms with van der Waals surface area (Å²) in [6.07, 6.45) is 0.767. The highest BCUT2D eigenvalue weighted by Crippen LogP contribution is 2.11. The van der Waals surface area contributed by atoms with Crippen LogP contribution in [0.3, 0.4) is 0 Å². The first kappa shape index (κ1) is 17.0. The van der Waals surface area contributed by atoms with Crippen LogP contribution >= 0.6 is 0 Å². The highest BCUT2D eigenvalue weighted by Gasteiger charge is 2.13. The molecule has 0 bridgehead atoms. The molecule has 0 unspecified atom stereocenters. The lowest BCUT2D eigenvalue weighted by atomic mass is 10.1. The number of benzene rings is 2. The van der Waals surface area contributed by atoms with Gasteiger partial charge in [-0.2, -0.15) is 0 Å². The number of amides is 1. The highest BCUT2D eigenvalue weighted by molar-refractivity contribution is 5.77. The highest BCUT2D eigenvalue weighted by atomic mass is 19.1. The van der Waals surface area contributed by atoms with Gasteiger partial charge in [-0.25, -0.2) is 4.39 Å². The van der Waals surface area contributed by atoms with Crippen molar-refractivity contribution in [2.75, 3.05) is 26.2 Å². The van der Waals surface area contributed by atoms with Gasteiger partial charge in [0, 0.05) is 19.6 Å². The van der Waals surface area contributed by atoms with Crippen LogP contribution in [-0.2, 0) is 11.2 Å². The zero-order chi connectivity index (χ0) is 16.5. The third-order valence-corrected chi connectivity index (χ3v) is 3.44. The molecule has 0 aromatic heterocycles. The molecular formula is C18H21FN2O2. The van der Waals surface area contributed by atoms with Crippen LogP contribution in [0.2, 0.25) is 0 Å². The normalized spacial score (nSPS) is 10.3. The van der Waals surface area contributed by atoms with Gasteiger partial charge in [-0.15, -0.1) is 0 Å². The van der Waals surface area contributed by atoms with E-state index < -0.39 is 0 Å². The van der Waals surface area contributed by atoms with Crippen LogP contribution in [0.5, 0.6) is 5.75 Å². The molecule has 0 radical (unpaired) electrons. The molecule has 0 saturated carbocycles. The lowest BCUT2D eigenvalue weighted by Gasteiger charge is -2.22. The van der Waals surface area contributed by atoms with E-state index in [1.807, 2.05) is 30.3 Å². The van der Waals surface area contributed by atoms with E-state index in [-0.39, 0.29) is 18.3 Å². The monoisotopic (exact) mass is 316 g/mol. The molecule has 2 aromatic rings. The van der Waals surface area contributed by atoms with Crippen LogP contribution in [-0.4, -0.2) is 37.0 Å². The predicted molar refractivity (Wildman–Crippen MR) is 87.7 cm³/mol. The fraction of sp³-hybridized carbons (Fsp3) is 0.278. The summed E-state index contributed by atoms with van der Waals surface area (Å²) in [7, 11) is 0. The molecule has 122 valence electrons. The van der Waals surface area contributed by atoms with Crippen molar-refractivity contribution >= 4 is 5.91 Å². The Balaban J connectivity index is 1.86. The summed E-state index contributed by atoms with van der Waals surface area (Å²) in [5.41, 5.74) is 6.75. The molecule has 0 spiro atoms. The second-order valence-electron chi connectivity index (χ2n) is 5.15. The minimum atomic E-state index is -0.337. The maximum absolute atomic E-state index is 12.8. The minimum absolute atomic E-state index is 0.0829. The molecule has 2 rings (SSSR count). The van der Waals surface area contributed by atoms with E-state index in [1.165, 1.54) is 29.8 Å². The lowest BCUT2D eigenvalue weighted by molar-refractivity contribution is -0.133. The molecule has 5 heteroatoms. The van der Waals surface area contributed by atoms with Crippen LogP contribution in [0, 0.1) is 5.82 Å². The quantitative estimate of drug-likeness (QED) is 0.812. The van der Waals surface area contributed by atoms with Crippen molar-refractivity contribution in [3.05, 3.63) is 66.0 Å². The third kappa shape index (κ3) is 5.71. The number of nitrogens with zero attached hydrogens (tertiary/aromatic N) is 1. The summed E-state index contributed by atoms with van der Waals surface area (Å²) in [5, 5.41) is 0. The van der Waals surface area contributed by atoms with Gasteiger partial charge in [-0.1, -0.05) is 30.3 Å². The molecular weight excluding hydrogens is 295 g/mol. The molecule has 0 heterocycles. The molecule has 0 saturated heterocycles. The molecule has 1 amide bonds. The van der Waals surface area contributed by atoms with Crippen molar-refractivity contribution < 1.29 is 13.9 Å². The van der Waals surface area contributed by atoms with E-state index in [4.69, 9.17) is 10.5 Å². The Bertz CT molecular complexity index is 602. The molecule has 0 fully saturated rings. The van der Waals surface area contributed by atoms with E-state index in [0.717, 1.165) is 6.42 Å². The molecule has 2 N–H and O–H groups in total. The first-order chi connectivity index (χ1) is 11.2. The number of rotatable bonds is 8. The van der Waals surface area contributed by atoms with Gasteiger partial charge in [0.15, 0.2) is 6.61 Å².